The molecule has 0 amide bonds. The van der Waals surface area contributed by atoms with Crippen molar-refractivity contribution in [1.29, 1.82) is 0 Å². The zero-order valence-corrected chi connectivity index (χ0v) is 7.57. The van der Waals surface area contributed by atoms with Gasteiger partial charge in [0.15, 0.2) is 0 Å². The minimum absolute atomic E-state index is 0.299. The topological polar surface area (TPSA) is 42.1 Å². The lowest BCUT2D eigenvalue weighted by atomic mass is 10.1. The molecule has 0 saturated carbocycles. The fourth-order valence-electron chi connectivity index (χ4n) is 1.23. The average Bonchev–Trinajstić information content (AvgIpc) is 2.07. The van der Waals surface area contributed by atoms with Gasteiger partial charge in [0.05, 0.1) is 0 Å². The van der Waals surface area contributed by atoms with Gasteiger partial charge in [-0.3, -0.25) is 4.98 Å². The van der Waals surface area contributed by atoms with Gasteiger partial charge in [0, 0.05) is 25.0 Å². The van der Waals surface area contributed by atoms with Gasteiger partial charge in [-0.15, -0.1) is 0 Å². The largest absolute Gasteiger partial charge is 0.329 e. The van der Waals surface area contributed by atoms with Crippen molar-refractivity contribution < 1.29 is 0 Å². The Hall–Kier alpha value is -0.930. The molecule has 0 fully saturated rings. The van der Waals surface area contributed by atoms with Crippen molar-refractivity contribution in [3.63, 3.8) is 0 Å². The summed E-state index contributed by atoms with van der Waals surface area (Å²) in [7, 11) is 4.05. The highest BCUT2D eigenvalue weighted by Gasteiger charge is 2.10. The van der Waals surface area contributed by atoms with Gasteiger partial charge in [-0.05, 0) is 31.8 Å². The maximum Gasteiger partial charge on any atom is 0.0465 e. The van der Waals surface area contributed by atoms with Crippen LogP contribution in [0.15, 0.2) is 24.5 Å². The van der Waals surface area contributed by atoms with Gasteiger partial charge in [-0.25, -0.2) is 0 Å². The Balaban J connectivity index is 2.80. The van der Waals surface area contributed by atoms with Crippen molar-refractivity contribution in [3.05, 3.63) is 30.1 Å². The van der Waals surface area contributed by atoms with Gasteiger partial charge >= 0.3 is 0 Å². The smallest absolute Gasteiger partial charge is 0.0465 e. The number of aromatic nitrogens is 1. The minimum atomic E-state index is 0.299. The molecule has 0 radical (unpaired) electrons. The van der Waals surface area contributed by atoms with Crippen LogP contribution in [0.2, 0.25) is 0 Å². The predicted octanol–water partition coefficient (Wildman–Crippen LogP) is 0.643. The molecule has 1 aromatic rings. The Kier molecular flexibility index (Phi) is 3.19. The molecule has 0 aromatic carbocycles. The fraction of sp³-hybridized carbons (Fsp3) is 0.444. The lowest BCUT2D eigenvalue weighted by molar-refractivity contribution is 0.306. The van der Waals surface area contributed by atoms with Crippen LogP contribution in [0.1, 0.15) is 11.6 Å². The molecule has 12 heavy (non-hydrogen) atoms. The highest BCUT2D eigenvalue weighted by Crippen LogP contribution is 2.14. The second-order valence-electron chi connectivity index (χ2n) is 3.00. The van der Waals surface area contributed by atoms with E-state index in [1.54, 1.807) is 12.4 Å². The first kappa shape index (κ1) is 9.16. The van der Waals surface area contributed by atoms with Crippen molar-refractivity contribution in [3.8, 4) is 0 Å². The first-order valence-electron chi connectivity index (χ1n) is 4.02. The third-order valence-corrected chi connectivity index (χ3v) is 1.94. The number of hydrogen-bond donors (Lipinski definition) is 1. The Bertz CT molecular complexity index is 220. The minimum Gasteiger partial charge on any atom is -0.329 e. The molecule has 0 aliphatic rings. The predicted molar refractivity (Wildman–Crippen MR) is 49.7 cm³/mol. The standard InChI is InChI=1S/C9H15N3/c1-12(2)9(7-10)8-3-5-11-6-4-8/h3-6,9H,7,10H2,1-2H3. The molecule has 0 saturated heterocycles. The van der Waals surface area contributed by atoms with E-state index in [4.69, 9.17) is 5.73 Å². The normalized spacial score (nSPS) is 13.3. The molecule has 0 spiro atoms. The van der Waals surface area contributed by atoms with E-state index in [0.29, 0.717) is 12.6 Å². The summed E-state index contributed by atoms with van der Waals surface area (Å²) in [5, 5.41) is 0. The van der Waals surface area contributed by atoms with Gasteiger partial charge < -0.3 is 10.6 Å². The number of hydrogen-bond acceptors (Lipinski definition) is 3. The summed E-state index contributed by atoms with van der Waals surface area (Å²) in [5.41, 5.74) is 6.86. The van der Waals surface area contributed by atoms with Gasteiger partial charge in [0.1, 0.15) is 0 Å². The second-order valence-corrected chi connectivity index (χ2v) is 3.00. The van der Waals surface area contributed by atoms with Gasteiger partial charge in [0.2, 0.25) is 0 Å². The molecule has 1 rings (SSSR count). The van der Waals surface area contributed by atoms with Crippen LogP contribution in [0.3, 0.4) is 0 Å². The molecular weight excluding hydrogens is 150 g/mol. The highest BCUT2D eigenvalue weighted by molar-refractivity contribution is 5.15. The van der Waals surface area contributed by atoms with Crippen molar-refractivity contribution in [2.24, 2.45) is 5.73 Å². The molecule has 1 atom stereocenters. The second kappa shape index (κ2) is 4.18. The van der Waals surface area contributed by atoms with E-state index >= 15 is 0 Å². The maximum absolute atomic E-state index is 5.64. The number of nitrogens with zero attached hydrogens (tertiary/aromatic N) is 2. The van der Waals surface area contributed by atoms with Crippen LogP contribution in [0.25, 0.3) is 0 Å². The van der Waals surface area contributed by atoms with Crippen molar-refractivity contribution >= 4 is 0 Å². The Morgan fingerprint density at radius 3 is 2.42 bits per heavy atom. The Morgan fingerprint density at radius 2 is 2.00 bits per heavy atom. The van der Waals surface area contributed by atoms with E-state index in [9.17, 15) is 0 Å². The number of nitrogens with two attached hydrogens (primary N) is 1. The zero-order valence-electron chi connectivity index (χ0n) is 7.57. The monoisotopic (exact) mass is 165 g/mol. The van der Waals surface area contributed by atoms with Crippen molar-refractivity contribution in [1.82, 2.24) is 9.88 Å². The number of pyridine rings is 1. The van der Waals surface area contributed by atoms with Crippen LogP contribution in [-0.2, 0) is 0 Å². The molecule has 3 nitrogen and oxygen atoms in total. The van der Waals surface area contributed by atoms with Gasteiger partial charge in [0.25, 0.3) is 0 Å². The summed E-state index contributed by atoms with van der Waals surface area (Å²) >= 11 is 0. The van der Waals surface area contributed by atoms with Crippen LogP contribution >= 0.6 is 0 Å². The maximum atomic E-state index is 5.64. The van der Waals surface area contributed by atoms with Gasteiger partial charge in [-0.1, -0.05) is 0 Å². The summed E-state index contributed by atoms with van der Waals surface area (Å²) in [4.78, 5) is 6.07. The summed E-state index contributed by atoms with van der Waals surface area (Å²) in [6.45, 7) is 0.636. The Labute approximate surface area is 73.2 Å². The van der Waals surface area contributed by atoms with Crippen molar-refractivity contribution in [2.45, 2.75) is 6.04 Å². The lowest BCUT2D eigenvalue weighted by Gasteiger charge is -2.22. The van der Waals surface area contributed by atoms with Crippen LogP contribution < -0.4 is 5.73 Å². The van der Waals surface area contributed by atoms with Crippen LogP contribution in [-0.4, -0.2) is 30.5 Å². The fourth-order valence-corrected chi connectivity index (χ4v) is 1.23. The van der Waals surface area contributed by atoms with Crippen LogP contribution in [0, 0.1) is 0 Å². The van der Waals surface area contributed by atoms with E-state index in [2.05, 4.69) is 9.88 Å². The van der Waals surface area contributed by atoms with Crippen molar-refractivity contribution in [2.75, 3.05) is 20.6 Å². The van der Waals surface area contributed by atoms with Crippen LogP contribution in [0.5, 0.6) is 0 Å². The molecule has 66 valence electrons. The molecule has 0 bridgehead atoms. The first-order valence-corrected chi connectivity index (χ1v) is 4.02. The summed E-state index contributed by atoms with van der Waals surface area (Å²) in [6.07, 6.45) is 3.59. The molecule has 1 unspecified atom stereocenters. The van der Waals surface area contributed by atoms with E-state index in [1.165, 1.54) is 5.56 Å². The van der Waals surface area contributed by atoms with E-state index < -0.39 is 0 Å². The van der Waals surface area contributed by atoms with Gasteiger partial charge in [-0.2, -0.15) is 0 Å². The summed E-state index contributed by atoms with van der Waals surface area (Å²) in [5.74, 6) is 0. The number of rotatable bonds is 3. The molecule has 1 heterocycles. The summed E-state index contributed by atoms with van der Waals surface area (Å²) < 4.78 is 0. The quantitative estimate of drug-likeness (QED) is 0.714. The first-order chi connectivity index (χ1) is 5.75. The average molecular weight is 165 g/mol. The third kappa shape index (κ3) is 2.03. The van der Waals surface area contributed by atoms with E-state index in [1.807, 2.05) is 26.2 Å². The highest BCUT2D eigenvalue weighted by atomic mass is 15.1. The van der Waals surface area contributed by atoms with Crippen LogP contribution in [0.4, 0.5) is 0 Å². The molecule has 1 aromatic heterocycles. The van der Waals surface area contributed by atoms with E-state index in [-0.39, 0.29) is 0 Å². The lowest BCUT2D eigenvalue weighted by Crippen LogP contribution is -2.27. The third-order valence-electron chi connectivity index (χ3n) is 1.94. The molecule has 3 heteroatoms. The molecule has 2 N–H and O–H groups in total. The zero-order chi connectivity index (χ0) is 8.97. The SMILES string of the molecule is CN(C)C(CN)c1ccncc1. The van der Waals surface area contributed by atoms with E-state index in [0.717, 1.165) is 0 Å². The summed E-state index contributed by atoms with van der Waals surface area (Å²) in [6, 6.07) is 4.29. The number of likely N-dealkylation sites (N-methyl/N-ethyl adjacent to an activating group) is 1. The Morgan fingerprint density at radius 1 is 1.42 bits per heavy atom. The molecule has 0 aliphatic heterocycles. The molecular formula is C9H15N3. The molecule has 0 aliphatic carbocycles.